The van der Waals surface area contributed by atoms with Gasteiger partial charge in [0.1, 0.15) is 0 Å². The van der Waals surface area contributed by atoms with Crippen LogP contribution in [0.2, 0.25) is 0 Å². The number of benzene rings is 1. The molecule has 0 unspecified atom stereocenters. The number of likely N-dealkylation sites (tertiary alicyclic amines) is 1. The van der Waals surface area contributed by atoms with Crippen LogP contribution in [0, 0.1) is 13.8 Å². The molecular formula is C21H23F3N4O2. The zero-order chi connectivity index (χ0) is 21.9. The number of halogens is 3. The summed E-state index contributed by atoms with van der Waals surface area (Å²) in [4.78, 5) is 25.6. The normalized spacial score (nSPS) is 14.9. The number of hydrogen-bond acceptors (Lipinski definition) is 3. The Balaban J connectivity index is 1.78. The van der Waals surface area contributed by atoms with E-state index in [0.717, 1.165) is 25.3 Å². The monoisotopic (exact) mass is 420 g/mol. The lowest BCUT2D eigenvalue weighted by Crippen LogP contribution is -2.43. The van der Waals surface area contributed by atoms with Gasteiger partial charge in [-0.2, -0.15) is 18.3 Å². The number of aromatic nitrogens is 1. The van der Waals surface area contributed by atoms with Gasteiger partial charge in [0.25, 0.3) is 0 Å². The molecule has 1 aromatic heterocycles. The van der Waals surface area contributed by atoms with Crippen molar-refractivity contribution < 1.29 is 22.8 Å². The van der Waals surface area contributed by atoms with Gasteiger partial charge in [-0.3, -0.25) is 9.59 Å². The molecule has 3 rings (SSSR count). The topological polar surface area (TPSA) is 66.7 Å². The number of hydrogen-bond donors (Lipinski definition) is 1. The van der Waals surface area contributed by atoms with Crippen LogP contribution in [0.25, 0.3) is 5.69 Å². The molecule has 1 saturated heterocycles. The minimum absolute atomic E-state index is 0.0176. The van der Waals surface area contributed by atoms with Crippen LogP contribution in [0.4, 0.5) is 13.2 Å². The van der Waals surface area contributed by atoms with E-state index in [0.29, 0.717) is 30.0 Å². The molecule has 2 amide bonds. The maximum Gasteiger partial charge on any atom is 0.418 e. The second-order valence-corrected chi connectivity index (χ2v) is 7.23. The third kappa shape index (κ3) is 4.55. The van der Waals surface area contributed by atoms with Crippen molar-refractivity contribution in [2.75, 3.05) is 13.1 Å². The number of alkyl halides is 3. The molecule has 2 heterocycles. The third-order valence-corrected chi connectivity index (χ3v) is 5.13. The van der Waals surface area contributed by atoms with E-state index in [1.54, 1.807) is 26.0 Å². The molecule has 9 heteroatoms. The number of hydrazone groups is 1. The predicted molar refractivity (Wildman–Crippen MR) is 106 cm³/mol. The Bertz CT molecular complexity index is 973. The molecule has 1 aliphatic rings. The van der Waals surface area contributed by atoms with Crippen LogP contribution in [0.15, 0.2) is 35.4 Å². The Morgan fingerprint density at radius 2 is 1.77 bits per heavy atom. The average Bonchev–Trinajstić information content (AvgIpc) is 3.00. The number of carbonyl (C=O) groups is 2. The number of carbonyl (C=O) groups excluding carboxylic acids is 2. The molecule has 0 atom stereocenters. The number of piperidine rings is 1. The molecule has 1 N–H and O–H groups in total. The highest BCUT2D eigenvalue weighted by Crippen LogP contribution is 2.35. The Morgan fingerprint density at radius 3 is 2.43 bits per heavy atom. The summed E-state index contributed by atoms with van der Waals surface area (Å²) in [6.07, 6.45) is -0.384. The van der Waals surface area contributed by atoms with E-state index < -0.39 is 23.6 Å². The first-order chi connectivity index (χ1) is 14.2. The second-order valence-electron chi connectivity index (χ2n) is 7.23. The summed E-state index contributed by atoms with van der Waals surface area (Å²) in [5.41, 5.74) is 3.14. The first-order valence-electron chi connectivity index (χ1n) is 9.68. The number of para-hydroxylation sites is 1. The zero-order valence-corrected chi connectivity index (χ0v) is 16.8. The average molecular weight is 420 g/mol. The van der Waals surface area contributed by atoms with Crippen molar-refractivity contribution in [1.82, 2.24) is 14.9 Å². The molecule has 2 aromatic rings. The van der Waals surface area contributed by atoms with Crippen molar-refractivity contribution in [2.45, 2.75) is 39.3 Å². The van der Waals surface area contributed by atoms with Gasteiger partial charge >= 0.3 is 18.0 Å². The fourth-order valence-corrected chi connectivity index (χ4v) is 3.65. The fourth-order valence-electron chi connectivity index (χ4n) is 3.65. The molecule has 1 aromatic carbocycles. The van der Waals surface area contributed by atoms with E-state index in [-0.39, 0.29) is 5.69 Å². The molecule has 30 heavy (non-hydrogen) atoms. The SMILES string of the molecule is Cc1cc(/C=N\NC(=O)C(=O)N2CCCCC2)c(C)n1-c1ccccc1C(F)(F)F. The van der Waals surface area contributed by atoms with Gasteiger partial charge < -0.3 is 9.47 Å². The van der Waals surface area contributed by atoms with Gasteiger partial charge in [-0.1, -0.05) is 12.1 Å². The Labute approximate surface area is 172 Å². The molecule has 1 aliphatic heterocycles. The molecule has 0 bridgehead atoms. The second kappa shape index (κ2) is 8.73. The molecule has 0 saturated carbocycles. The van der Waals surface area contributed by atoms with Crippen LogP contribution in [-0.4, -0.2) is 40.6 Å². The van der Waals surface area contributed by atoms with E-state index in [2.05, 4.69) is 10.5 Å². The number of nitrogens with one attached hydrogen (secondary N) is 1. The van der Waals surface area contributed by atoms with E-state index in [9.17, 15) is 22.8 Å². The van der Waals surface area contributed by atoms with Gasteiger partial charge in [-0.05, 0) is 51.3 Å². The smallest absolute Gasteiger partial charge is 0.334 e. The largest absolute Gasteiger partial charge is 0.418 e. The standard InChI is InChI=1S/C21H23F3N4O2/c1-14-12-16(13-25-26-19(29)20(30)27-10-6-3-7-11-27)15(2)28(14)18-9-5-4-8-17(18)21(22,23)24/h4-5,8-9,12-13H,3,6-7,10-11H2,1-2H3,(H,26,29)/b25-13-. The molecule has 6 nitrogen and oxygen atoms in total. The summed E-state index contributed by atoms with van der Waals surface area (Å²) < 4.78 is 41.7. The van der Waals surface area contributed by atoms with Gasteiger partial charge in [0.15, 0.2) is 0 Å². The first kappa shape index (κ1) is 21.6. The Hall–Kier alpha value is -3.10. The fraction of sp³-hybridized carbons (Fsp3) is 0.381. The summed E-state index contributed by atoms with van der Waals surface area (Å²) in [6.45, 7) is 4.46. The van der Waals surface area contributed by atoms with Crippen LogP contribution >= 0.6 is 0 Å². The van der Waals surface area contributed by atoms with Crippen molar-refractivity contribution in [3.8, 4) is 5.69 Å². The lowest BCUT2D eigenvalue weighted by Gasteiger charge is -2.25. The summed E-state index contributed by atoms with van der Waals surface area (Å²) in [5.74, 6) is -1.46. The molecule has 160 valence electrons. The van der Waals surface area contributed by atoms with Crippen LogP contribution in [0.1, 0.15) is 41.8 Å². The van der Waals surface area contributed by atoms with Crippen molar-refractivity contribution in [1.29, 1.82) is 0 Å². The third-order valence-electron chi connectivity index (χ3n) is 5.13. The van der Waals surface area contributed by atoms with Crippen molar-refractivity contribution in [2.24, 2.45) is 5.10 Å². The number of aryl methyl sites for hydroxylation is 1. The van der Waals surface area contributed by atoms with Crippen LogP contribution in [-0.2, 0) is 15.8 Å². The summed E-state index contributed by atoms with van der Waals surface area (Å²) in [6, 6.07) is 7.00. The Morgan fingerprint density at radius 1 is 1.10 bits per heavy atom. The molecule has 0 aliphatic carbocycles. The summed E-state index contributed by atoms with van der Waals surface area (Å²) in [5, 5.41) is 3.83. The van der Waals surface area contributed by atoms with Gasteiger partial charge in [0, 0.05) is 30.0 Å². The van der Waals surface area contributed by atoms with Crippen molar-refractivity contribution >= 4 is 18.0 Å². The van der Waals surface area contributed by atoms with Gasteiger partial charge in [0.05, 0.1) is 17.5 Å². The van der Waals surface area contributed by atoms with E-state index in [1.165, 1.54) is 27.8 Å². The molecule has 0 spiro atoms. The lowest BCUT2D eigenvalue weighted by molar-refractivity contribution is -0.146. The van der Waals surface area contributed by atoms with Crippen LogP contribution in [0.3, 0.4) is 0 Å². The minimum Gasteiger partial charge on any atom is -0.334 e. The van der Waals surface area contributed by atoms with Gasteiger partial charge in [-0.15, -0.1) is 0 Å². The highest BCUT2D eigenvalue weighted by molar-refractivity contribution is 6.35. The lowest BCUT2D eigenvalue weighted by atomic mass is 10.1. The predicted octanol–water partition coefficient (Wildman–Crippen LogP) is 3.58. The number of amides is 2. The number of rotatable bonds is 3. The van der Waals surface area contributed by atoms with Gasteiger partial charge in [-0.25, -0.2) is 5.43 Å². The molecule has 1 fully saturated rings. The van der Waals surface area contributed by atoms with Crippen molar-refractivity contribution in [3.63, 3.8) is 0 Å². The first-order valence-corrected chi connectivity index (χ1v) is 9.68. The summed E-state index contributed by atoms with van der Waals surface area (Å²) in [7, 11) is 0. The van der Waals surface area contributed by atoms with Crippen molar-refractivity contribution in [3.05, 3.63) is 52.8 Å². The molecule has 0 radical (unpaired) electrons. The van der Waals surface area contributed by atoms with Crippen LogP contribution in [0.5, 0.6) is 0 Å². The summed E-state index contributed by atoms with van der Waals surface area (Å²) >= 11 is 0. The highest BCUT2D eigenvalue weighted by atomic mass is 19.4. The number of nitrogens with zero attached hydrogens (tertiary/aromatic N) is 3. The zero-order valence-electron chi connectivity index (χ0n) is 16.8. The van der Waals surface area contributed by atoms with Gasteiger partial charge in [0.2, 0.25) is 0 Å². The molecular weight excluding hydrogens is 397 g/mol. The quantitative estimate of drug-likeness (QED) is 0.469. The van der Waals surface area contributed by atoms with Crippen LogP contribution < -0.4 is 5.43 Å². The minimum atomic E-state index is -4.49. The van der Waals surface area contributed by atoms with E-state index in [1.807, 2.05) is 0 Å². The maximum absolute atomic E-state index is 13.4. The van der Waals surface area contributed by atoms with E-state index in [4.69, 9.17) is 0 Å². The Kier molecular flexibility index (Phi) is 6.28. The highest BCUT2D eigenvalue weighted by Gasteiger charge is 2.34. The maximum atomic E-state index is 13.4. The van der Waals surface area contributed by atoms with E-state index >= 15 is 0 Å².